The molecule has 0 aromatic heterocycles. The van der Waals surface area contributed by atoms with Crippen molar-refractivity contribution in [2.24, 2.45) is 0 Å². The first-order chi connectivity index (χ1) is 10.2. The summed E-state index contributed by atoms with van der Waals surface area (Å²) in [6.45, 7) is 1.29. The van der Waals surface area contributed by atoms with Gasteiger partial charge in [-0.3, -0.25) is 4.79 Å². The average Bonchev–Trinajstić information content (AvgIpc) is 2.53. The molecule has 1 fully saturated rings. The Kier molecular flexibility index (Phi) is 5.59. The van der Waals surface area contributed by atoms with Gasteiger partial charge in [-0.25, -0.2) is 0 Å². The van der Waals surface area contributed by atoms with E-state index >= 15 is 0 Å². The highest BCUT2D eigenvalue weighted by Gasteiger charge is 2.19. The van der Waals surface area contributed by atoms with E-state index in [0.29, 0.717) is 17.9 Å². The molecule has 0 bridgehead atoms. The van der Waals surface area contributed by atoms with Gasteiger partial charge in [-0.2, -0.15) is 5.26 Å². The number of hydrogen-bond donors (Lipinski definition) is 0. The predicted octanol–water partition coefficient (Wildman–Crippen LogP) is 1.96. The van der Waals surface area contributed by atoms with Crippen LogP contribution in [0.4, 0.5) is 0 Å². The van der Waals surface area contributed by atoms with Crippen LogP contribution in [0.25, 0.3) is 0 Å². The van der Waals surface area contributed by atoms with Gasteiger partial charge < -0.3 is 14.4 Å². The maximum atomic E-state index is 12.1. The van der Waals surface area contributed by atoms with Gasteiger partial charge in [0, 0.05) is 20.2 Å². The zero-order valence-electron chi connectivity index (χ0n) is 12.2. The fourth-order valence-corrected chi connectivity index (χ4v) is 2.29. The van der Waals surface area contributed by atoms with E-state index < -0.39 is 0 Å². The third kappa shape index (κ3) is 4.47. The minimum atomic E-state index is -0.114. The highest BCUT2D eigenvalue weighted by atomic mass is 16.5. The molecule has 5 nitrogen and oxygen atoms in total. The molecule has 0 N–H and O–H groups in total. The number of hydrogen-bond acceptors (Lipinski definition) is 4. The second kappa shape index (κ2) is 7.65. The molecule has 1 heterocycles. The van der Waals surface area contributed by atoms with Crippen molar-refractivity contribution in [3.05, 3.63) is 29.8 Å². The van der Waals surface area contributed by atoms with Crippen LogP contribution in [-0.4, -0.2) is 43.7 Å². The molecule has 1 aliphatic heterocycles. The van der Waals surface area contributed by atoms with Crippen molar-refractivity contribution >= 4 is 5.91 Å². The lowest BCUT2D eigenvalue weighted by Crippen LogP contribution is -2.39. The van der Waals surface area contributed by atoms with E-state index in [9.17, 15) is 4.79 Å². The molecule has 0 saturated carbocycles. The zero-order valence-corrected chi connectivity index (χ0v) is 12.2. The number of amides is 1. The summed E-state index contributed by atoms with van der Waals surface area (Å²) in [5, 5.41) is 8.97. The van der Waals surface area contributed by atoms with Gasteiger partial charge in [-0.05, 0) is 31.4 Å². The Bertz CT molecular complexity index is 518. The van der Waals surface area contributed by atoms with E-state index in [1.165, 1.54) is 0 Å². The Morgan fingerprint density at radius 2 is 2.29 bits per heavy atom. The minimum absolute atomic E-state index is 0.0675. The highest BCUT2D eigenvalue weighted by molar-refractivity contribution is 5.77. The quantitative estimate of drug-likeness (QED) is 0.831. The summed E-state index contributed by atoms with van der Waals surface area (Å²) in [4.78, 5) is 13.7. The number of nitrogens with zero attached hydrogens (tertiary/aromatic N) is 2. The van der Waals surface area contributed by atoms with E-state index in [-0.39, 0.29) is 18.6 Å². The van der Waals surface area contributed by atoms with Crippen molar-refractivity contribution in [2.45, 2.75) is 25.4 Å². The molecule has 5 heteroatoms. The normalized spacial score (nSPS) is 17.8. The molecule has 0 spiro atoms. The largest absolute Gasteiger partial charge is 0.482 e. The SMILES string of the molecule is CN(CC1CCCCO1)C(=O)COc1ccccc1C#N. The fourth-order valence-electron chi connectivity index (χ4n) is 2.29. The van der Waals surface area contributed by atoms with Gasteiger partial charge in [-0.1, -0.05) is 12.1 Å². The number of likely N-dealkylation sites (N-methyl/N-ethyl adjacent to an activating group) is 1. The molecule has 0 radical (unpaired) electrons. The molecule has 112 valence electrons. The number of ether oxygens (including phenoxy) is 2. The fraction of sp³-hybridized carbons (Fsp3) is 0.500. The van der Waals surface area contributed by atoms with Crippen LogP contribution in [0.1, 0.15) is 24.8 Å². The van der Waals surface area contributed by atoms with Crippen LogP contribution in [0.5, 0.6) is 5.75 Å². The van der Waals surface area contributed by atoms with Crippen LogP contribution in [-0.2, 0) is 9.53 Å². The molecule has 1 saturated heterocycles. The third-order valence-electron chi connectivity index (χ3n) is 3.54. The second-order valence-corrected chi connectivity index (χ2v) is 5.16. The summed E-state index contributed by atoms with van der Waals surface area (Å²) in [7, 11) is 1.75. The smallest absolute Gasteiger partial charge is 0.260 e. The van der Waals surface area contributed by atoms with E-state index in [2.05, 4.69) is 0 Å². The lowest BCUT2D eigenvalue weighted by atomic mass is 10.1. The summed E-state index contributed by atoms with van der Waals surface area (Å²) >= 11 is 0. The summed E-state index contributed by atoms with van der Waals surface area (Å²) in [5.41, 5.74) is 0.434. The zero-order chi connectivity index (χ0) is 15.1. The maximum absolute atomic E-state index is 12.1. The molecule has 1 atom stereocenters. The number of nitriles is 1. The van der Waals surface area contributed by atoms with Crippen molar-refractivity contribution in [3.8, 4) is 11.8 Å². The van der Waals surface area contributed by atoms with Gasteiger partial charge in [-0.15, -0.1) is 0 Å². The van der Waals surface area contributed by atoms with Crippen LogP contribution in [0.15, 0.2) is 24.3 Å². The minimum Gasteiger partial charge on any atom is -0.482 e. The van der Waals surface area contributed by atoms with Gasteiger partial charge in [0.1, 0.15) is 11.8 Å². The summed E-state index contributed by atoms with van der Waals surface area (Å²) in [6, 6.07) is 8.94. The molecule has 1 aliphatic rings. The Hall–Kier alpha value is -2.06. The van der Waals surface area contributed by atoms with Crippen LogP contribution in [0, 0.1) is 11.3 Å². The Morgan fingerprint density at radius 1 is 1.48 bits per heavy atom. The topological polar surface area (TPSA) is 62.6 Å². The van der Waals surface area contributed by atoms with Crippen molar-refractivity contribution in [1.82, 2.24) is 4.90 Å². The van der Waals surface area contributed by atoms with E-state index in [1.807, 2.05) is 6.07 Å². The van der Waals surface area contributed by atoms with Crippen molar-refractivity contribution < 1.29 is 14.3 Å². The van der Waals surface area contributed by atoms with E-state index in [0.717, 1.165) is 25.9 Å². The number of rotatable bonds is 5. The van der Waals surface area contributed by atoms with Gasteiger partial charge >= 0.3 is 0 Å². The lowest BCUT2D eigenvalue weighted by Gasteiger charge is -2.27. The van der Waals surface area contributed by atoms with Crippen LogP contribution in [0.2, 0.25) is 0 Å². The highest BCUT2D eigenvalue weighted by Crippen LogP contribution is 2.17. The van der Waals surface area contributed by atoms with Gasteiger partial charge in [0.05, 0.1) is 11.7 Å². The number of carbonyl (C=O) groups excluding carboxylic acids is 1. The van der Waals surface area contributed by atoms with Crippen molar-refractivity contribution in [2.75, 3.05) is 26.8 Å². The Morgan fingerprint density at radius 3 is 3.00 bits per heavy atom. The monoisotopic (exact) mass is 288 g/mol. The first-order valence-corrected chi connectivity index (χ1v) is 7.18. The van der Waals surface area contributed by atoms with Crippen molar-refractivity contribution in [3.63, 3.8) is 0 Å². The second-order valence-electron chi connectivity index (χ2n) is 5.16. The molecule has 21 heavy (non-hydrogen) atoms. The number of para-hydroxylation sites is 1. The average molecular weight is 288 g/mol. The molecule has 2 rings (SSSR count). The lowest BCUT2D eigenvalue weighted by molar-refractivity contribution is -0.134. The molecule has 1 aromatic rings. The van der Waals surface area contributed by atoms with Gasteiger partial charge in [0.2, 0.25) is 0 Å². The summed E-state index contributed by atoms with van der Waals surface area (Å²) in [6.07, 6.45) is 3.37. The third-order valence-corrected chi connectivity index (χ3v) is 3.54. The number of benzene rings is 1. The number of carbonyl (C=O) groups is 1. The van der Waals surface area contributed by atoms with Crippen LogP contribution < -0.4 is 4.74 Å². The van der Waals surface area contributed by atoms with E-state index in [1.54, 1.807) is 36.2 Å². The van der Waals surface area contributed by atoms with E-state index in [4.69, 9.17) is 14.7 Å². The molecule has 1 unspecified atom stereocenters. The van der Waals surface area contributed by atoms with Crippen molar-refractivity contribution in [1.29, 1.82) is 5.26 Å². The Balaban J connectivity index is 1.82. The molecular formula is C16H20N2O3. The molecule has 0 aliphatic carbocycles. The predicted molar refractivity (Wildman–Crippen MR) is 77.9 cm³/mol. The standard InChI is InChI=1S/C16H20N2O3/c1-18(11-14-7-4-5-9-20-14)16(19)12-21-15-8-3-2-6-13(15)10-17/h2-3,6,8,14H,4-5,7,9,11-12H2,1H3. The first kappa shape index (κ1) is 15.3. The van der Waals surface area contributed by atoms with Gasteiger partial charge in [0.25, 0.3) is 5.91 Å². The molecule has 1 amide bonds. The van der Waals surface area contributed by atoms with Crippen LogP contribution in [0.3, 0.4) is 0 Å². The first-order valence-electron chi connectivity index (χ1n) is 7.18. The maximum Gasteiger partial charge on any atom is 0.260 e. The summed E-state index contributed by atoms with van der Waals surface area (Å²) < 4.78 is 11.1. The molecule has 1 aromatic carbocycles. The van der Waals surface area contributed by atoms with Gasteiger partial charge in [0.15, 0.2) is 6.61 Å². The summed E-state index contributed by atoms with van der Waals surface area (Å²) in [5.74, 6) is 0.326. The molecular weight excluding hydrogens is 268 g/mol. The Labute approximate surface area is 125 Å². The van der Waals surface area contributed by atoms with Crippen LogP contribution >= 0.6 is 0 Å².